The van der Waals surface area contributed by atoms with E-state index in [1.54, 1.807) is 13.0 Å². The Hall–Kier alpha value is -2.34. The van der Waals surface area contributed by atoms with Gasteiger partial charge < -0.3 is 14.8 Å². The predicted molar refractivity (Wildman–Crippen MR) is 99.4 cm³/mol. The molecule has 2 heterocycles. The number of nitrogens with one attached hydrogen (secondary N) is 1. The SMILES string of the molecule is C[C@@H](OC(=O)c1cc2c(s1)-c1ccccc1OC2)C(=O)NC1CCCC1. The van der Waals surface area contributed by atoms with Crippen molar-refractivity contribution in [1.29, 1.82) is 0 Å². The molecule has 2 aliphatic rings. The summed E-state index contributed by atoms with van der Waals surface area (Å²) in [6.45, 7) is 2.06. The second-order valence-electron chi connectivity index (χ2n) is 6.79. The molecule has 2 aromatic rings. The maximum absolute atomic E-state index is 12.5. The average Bonchev–Trinajstić information content (AvgIpc) is 3.31. The maximum Gasteiger partial charge on any atom is 0.349 e. The molecule has 1 N–H and O–H groups in total. The number of ether oxygens (including phenoxy) is 2. The van der Waals surface area contributed by atoms with Gasteiger partial charge in [0, 0.05) is 22.0 Å². The second-order valence-corrected chi connectivity index (χ2v) is 7.84. The molecule has 1 fully saturated rings. The highest BCUT2D eigenvalue weighted by atomic mass is 32.1. The van der Waals surface area contributed by atoms with Gasteiger partial charge in [-0.25, -0.2) is 4.79 Å². The number of carbonyl (C=O) groups excluding carboxylic acids is 2. The lowest BCUT2D eigenvalue weighted by Crippen LogP contribution is -2.40. The van der Waals surface area contributed by atoms with Crippen LogP contribution in [0, 0.1) is 0 Å². The Bertz CT molecular complexity index is 838. The zero-order valence-corrected chi connectivity index (χ0v) is 15.4. The standard InChI is InChI=1S/C20H21NO4S/c1-12(19(22)21-14-6-2-3-7-14)25-20(23)17-10-13-11-24-16-9-5-4-8-15(16)18(13)26-17/h4-5,8-10,12,14H,2-3,6-7,11H2,1H3,(H,21,22)/t12-/m1/s1. The molecule has 0 saturated heterocycles. The number of para-hydroxylation sites is 1. The first-order valence-corrected chi connectivity index (χ1v) is 9.80. The minimum atomic E-state index is -0.800. The Morgan fingerprint density at radius 2 is 2.04 bits per heavy atom. The molecular formula is C20H21NO4S. The van der Waals surface area contributed by atoms with Crippen LogP contribution in [0.5, 0.6) is 5.75 Å². The summed E-state index contributed by atoms with van der Waals surface area (Å²) in [7, 11) is 0. The third-order valence-corrected chi connectivity index (χ3v) is 6.07. The van der Waals surface area contributed by atoms with Gasteiger partial charge in [0.25, 0.3) is 5.91 Å². The summed E-state index contributed by atoms with van der Waals surface area (Å²) in [6, 6.07) is 9.80. The minimum absolute atomic E-state index is 0.214. The molecule has 26 heavy (non-hydrogen) atoms. The summed E-state index contributed by atoms with van der Waals surface area (Å²) < 4.78 is 11.1. The van der Waals surface area contributed by atoms with Crippen LogP contribution in [0.15, 0.2) is 30.3 Å². The van der Waals surface area contributed by atoms with Crippen molar-refractivity contribution in [2.24, 2.45) is 0 Å². The van der Waals surface area contributed by atoms with Gasteiger partial charge in [0.05, 0.1) is 0 Å². The molecule has 1 aromatic carbocycles. The molecule has 4 rings (SSSR count). The smallest absolute Gasteiger partial charge is 0.349 e. The zero-order chi connectivity index (χ0) is 18.1. The average molecular weight is 371 g/mol. The van der Waals surface area contributed by atoms with E-state index in [0.29, 0.717) is 11.5 Å². The summed E-state index contributed by atoms with van der Waals surface area (Å²) >= 11 is 1.39. The van der Waals surface area contributed by atoms with Crippen LogP contribution >= 0.6 is 11.3 Å². The van der Waals surface area contributed by atoms with E-state index < -0.39 is 12.1 Å². The predicted octanol–water partition coefficient (Wildman–Crippen LogP) is 3.91. The number of thiophene rings is 1. The van der Waals surface area contributed by atoms with Crippen molar-refractivity contribution in [2.45, 2.75) is 51.4 Å². The number of amides is 1. The van der Waals surface area contributed by atoms with Gasteiger partial charge in [-0.15, -0.1) is 11.3 Å². The Morgan fingerprint density at radius 3 is 2.85 bits per heavy atom. The second kappa shape index (κ2) is 7.11. The number of rotatable bonds is 4. The number of benzene rings is 1. The topological polar surface area (TPSA) is 64.6 Å². The van der Waals surface area contributed by atoms with Gasteiger partial charge in [0.2, 0.25) is 0 Å². The van der Waals surface area contributed by atoms with E-state index >= 15 is 0 Å². The molecule has 1 amide bonds. The van der Waals surface area contributed by atoms with Crippen molar-refractivity contribution >= 4 is 23.2 Å². The van der Waals surface area contributed by atoms with E-state index in [4.69, 9.17) is 9.47 Å². The monoisotopic (exact) mass is 371 g/mol. The van der Waals surface area contributed by atoms with E-state index in [2.05, 4.69) is 5.32 Å². The zero-order valence-electron chi connectivity index (χ0n) is 14.6. The molecule has 5 nitrogen and oxygen atoms in total. The highest BCUT2D eigenvalue weighted by Gasteiger charge is 2.26. The number of hydrogen-bond acceptors (Lipinski definition) is 5. The maximum atomic E-state index is 12.5. The first kappa shape index (κ1) is 17.1. The molecule has 0 radical (unpaired) electrons. The lowest BCUT2D eigenvalue weighted by atomic mass is 10.1. The van der Waals surface area contributed by atoms with E-state index in [9.17, 15) is 9.59 Å². The van der Waals surface area contributed by atoms with Crippen LogP contribution in [0.25, 0.3) is 10.4 Å². The van der Waals surface area contributed by atoms with E-state index in [0.717, 1.165) is 47.4 Å². The fraction of sp³-hybridized carbons (Fsp3) is 0.400. The van der Waals surface area contributed by atoms with Crippen molar-refractivity contribution < 1.29 is 19.1 Å². The van der Waals surface area contributed by atoms with Crippen LogP contribution in [0.1, 0.15) is 47.8 Å². The number of esters is 1. The molecule has 1 aliphatic carbocycles. The van der Waals surface area contributed by atoms with Crippen LogP contribution < -0.4 is 10.1 Å². The Labute approximate surface area is 156 Å². The fourth-order valence-electron chi connectivity index (χ4n) is 3.46. The molecule has 0 bridgehead atoms. The van der Waals surface area contributed by atoms with Crippen molar-refractivity contribution in [1.82, 2.24) is 5.32 Å². The molecule has 1 atom stereocenters. The van der Waals surface area contributed by atoms with Gasteiger partial charge in [0.1, 0.15) is 17.2 Å². The van der Waals surface area contributed by atoms with Crippen molar-refractivity contribution in [3.63, 3.8) is 0 Å². The molecule has 0 spiro atoms. The van der Waals surface area contributed by atoms with Crippen LogP contribution in [0.4, 0.5) is 0 Å². The van der Waals surface area contributed by atoms with Gasteiger partial charge in [-0.2, -0.15) is 0 Å². The van der Waals surface area contributed by atoms with E-state index in [1.165, 1.54) is 11.3 Å². The molecule has 1 saturated carbocycles. The largest absolute Gasteiger partial charge is 0.488 e. The number of hydrogen-bond donors (Lipinski definition) is 1. The highest BCUT2D eigenvalue weighted by Crippen LogP contribution is 2.42. The van der Waals surface area contributed by atoms with Gasteiger partial charge >= 0.3 is 5.97 Å². The highest BCUT2D eigenvalue weighted by molar-refractivity contribution is 7.17. The van der Waals surface area contributed by atoms with Gasteiger partial charge in [0.15, 0.2) is 6.10 Å². The van der Waals surface area contributed by atoms with Crippen LogP contribution in [0.2, 0.25) is 0 Å². The Morgan fingerprint density at radius 1 is 1.27 bits per heavy atom. The quantitative estimate of drug-likeness (QED) is 0.828. The summed E-state index contributed by atoms with van der Waals surface area (Å²) in [5.41, 5.74) is 1.97. The fourth-order valence-corrected chi connectivity index (χ4v) is 4.54. The molecule has 0 unspecified atom stereocenters. The van der Waals surface area contributed by atoms with Gasteiger partial charge in [-0.3, -0.25) is 4.79 Å². The van der Waals surface area contributed by atoms with Crippen molar-refractivity contribution in [2.75, 3.05) is 0 Å². The summed E-state index contributed by atoms with van der Waals surface area (Å²) in [5.74, 6) is 0.141. The number of carbonyl (C=O) groups is 2. The first-order chi connectivity index (χ1) is 12.6. The molecular weight excluding hydrogens is 350 g/mol. The van der Waals surface area contributed by atoms with Crippen LogP contribution in [0.3, 0.4) is 0 Å². The van der Waals surface area contributed by atoms with Crippen LogP contribution in [-0.2, 0) is 16.1 Å². The first-order valence-electron chi connectivity index (χ1n) is 8.98. The normalized spacial score (nSPS) is 17.0. The number of fused-ring (bicyclic) bond motifs is 3. The minimum Gasteiger partial charge on any atom is -0.488 e. The molecule has 6 heteroatoms. The van der Waals surface area contributed by atoms with E-state index in [-0.39, 0.29) is 11.9 Å². The lowest BCUT2D eigenvalue weighted by Gasteiger charge is -2.16. The third kappa shape index (κ3) is 3.33. The lowest BCUT2D eigenvalue weighted by molar-refractivity contribution is -0.129. The van der Waals surface area contributed by atoms with E-state index in [1.807, 2.05) is 24.3 Å². The Balaban J connectivity index is 1.44. The van der Waals surface area contributed by atoms with Gasteiger partial charge in [-0.1, -0.05) is 25.0 Å². The summed E-state index contributed by atoms with van der Waals surface area (Å²) in [4.78, 5) is 26.2. The van der Waals surface area contributed by atoms with Gasteiger partial charge in [-0.05, 0) is 38.0 Å². The molecule has 1 aliphatic heterocycles. The summed E-state index contributed by atoms with van der Waals surface area (Å²) in [5, 5.41) is 2.96. The summed E-state index contributed by atoms with van der Waals surface area (Å²) in [6.07, 6.45) is 3.49. The van der Waals surface area contributed by atoms with Crippen molar-refractivity contribution in [3.05, 3.63) is 40.8 Å². The third-order valence-electron chi connectivity index (χ3n) is 4.88. The van der Waals surface area contributed by atoms with Crippen LogP contribution in [-0.4, -0.2) is 24.0 Å². The Kier molecular flexibility index (Phi) is 4.68. The van der Waals surface area contributed by atoms with Crippen molar-refractivity contribution in [3.8, 4) is 16.2 Å². The molecule has 1 aromatic heterocycles. The molecule has 136 valence electrons.